The monoisotopic (exact) mass is 506 g/mol. The van der Waals surface area contributed by atoms with Gasteiger partial charge in [0.05, 0.1) is 21.6 Å². The third-order valence-electron chi connectivity index (χ3n) is 7.70. The van der Waals surface area contributed by atoms with Crippen LogP contribution in [0.1, 0.15) is 81.2 Å². The zero-order valence-electron chi connectivity index (χ0n) is 21.1. The highest BCUT2D eigenvalue weighted by atomic mass is 32.2. The lowest BCUT2D eigenvalue weighted by Gasteiger charge is -2.31. The first kappa shape index (κ1) is 24.8. The van der Waals surface area contributed by atoms with Crippen LogP contribution in [0.5, 0.6) is 0 Å². The van der Waals surface area contributed by atoms with E-state index in [0.717, 1.165) is 58.4 Å². The first-order chi connectivity index (χ1) is 17.4. The van der Waals surface area contributed by atoms with E-state index in [1.54, 1.807) is 12.1 Å². The fourth-order valence-electron chi connectivity index (χ4n) is 5.82. The molecule has 2 heterocycles. The number of non-ortho nitro benzene ring substituents is 1. The van der Waals surface area contributed by atoms with Gasteiger partial charge in [-0.1, -0.05) is 44.6 Å². The summed E-state index contributed by atoms with van der Waals surface area (Å²) in [6.45, 7) is 3.99. The number of nitro benzene ring substituents is 1. The van der Waals surface area contributed by atoms with Gasteiger partial charge in [-0.2, -0.15) is 0 Å². The summed E-state index contributed by atoms with van der Waals surface area (Å²) < 4.78 is 2.01. The largest absolute Gasteiger partial charge is 0.318 e. The van der Waals surface area contributed by atoms with Crippen molar-refractivity contribution in [2.45, 2.75) is 90.1 Å². The molecule has 5 rings (SSSR count). The number of amides is 1. The molecule has 1 aromatic carbocycles. The second kappa shape index (κ2) is 10.6. The van der Waals surface area contributed by atoms with E-state index in [1.165, 1.54) is 56.4 Å². The van der Waals surface area contributed by atoms with Crippen molar-refractivity contribution in [3.8, 4) is 5.69 Å². The van der Waals surface area contributed by atoms with E-state index in [1.807, 2.05) is 35.5 Å². The van der Waals surface area contributed by atoms with Crippen LogP contribution in [-0.4, -0.2) is 37.5 Å². The van der Waals surface area contributed by atoms with E-state index >= 15 is 0 Å². The lowest BCUT2D eigenvalue weighted by atomic mass is 9.94. The summed E-state index contributed by atoms with van der Waals surface area (Å²) >= 11 is 1.52. The highest BCUT2D eigenvalue weighted by Crippen LogP contribution is 2.39. The predicted octanol–water partition coefficient (Wildman–Crippen LogP) is 6.94. The van der Waals surface area contributed by atoms with E-state index in [-0.39, 0.29) is 22.6 Å². The van der Waals surface area contributed by atoms with Crippen molar-refractivity contribution >= 4 is 34.6 Å². The van der Waals surface area contributed by atoms with Crippen molar-refractivity contribution in [2.75, 3.05) is 0 Å². The summed E-state index contributed by atoms with van der Waals surface area (Å²) in [5, 5.41) is 12.2. The summed E-state index contributed by atoms with van der Waals surface area (Å²) in [4.78, 5) is 32.5. The molecule has 1 saturated heterocycles. The second-order valence-electron chi connectivity index (χ2n) is 10.2. The maximum absolute atomic E-state index is 13.7. The van der Waals surface area contributed by atoms with Crippen molar-refractivity contribution in [1.82, 2.24) is 9.47 Å². The van der Waals surface area contributed by atoms with Crippen LogP contribution in [0.25, 0.3) is 11.8 Å². The number of aliphatic imine (C=N–C) groups is 1. The molecule has 0 atom stereocenters. The Labute approximate surface area is 216 Å². The fourth-order valence-corrected chi connectivity index (χ4v) is 6.92. The van der Waals surface area contributed by atoms with E-state index < -0.39 is 0 Å². The van der Waals surface area contributed by atoms with Gasteiger partial charge >= 0.3 is 0 Å². The van der Waals surface area contributed by atoms with Gasteiger partial charge < -0.3 is 4.57 Å². The first-order valence-corrected chi connectivity index (χ1v) is 14.0. The minimum absolute atomic E-state index is 0.0631. The highest BCUT2D eigenvalue weighted by molar-refractivity contribution is 8.18. The summed E-state index contributed by atoms with van der Waals surface area (Å²) in [6.07, 6.45) is 13.6. The predicted molar refractivity (Wildman–Crippen MR) is 145 cm³/mol. The molecule has 2 saturated carbocycles. The van der Waals surface area contributed by atoms with Crippen molar-refractivity contribution in [1.29, 1.82) is 0 Å². The number of nitro groups is 1. The third-order valence-corrected chi connectivity index (χ3v) is 8.70. The van der Waals surface area contributed by atoms with Crippen LogP contribution in [0.3, 0.4) is 0 Å². The van der Waals surface area contributed by atoms with Crippen LogP contribution in [-0.2, 0) is 4.79 Å². The Kier molecular flexibility index (Phi) is 7.32. The van der Waals surface area contributed by atoms with Crippen LogP contribution in [0.15, 0.2) is 40.2 Å². The number of benzene rings is 1. The minimum Gasteiger partial charge on any atom is -0.318 e. The molecule has 0 unspecified atom stereocenters. The zero-order chi connectivity index (χ0) is 25.2. The van der Waals surface area contributed by atoms with Gasteiger partial charge in [-0.25, -0.2) is 0 Å². The number of amidine groups is 1. The van der Waals surface area contributed by atoms with Crippen molar-refractivity contribution in [3.63, 3.8) is 0 Å². The number of carbonyl (C=O) groups excluding carboxylic acids is 1. The van der Waals surface area contributed by atoms with Gasteiger partial charge in [-0.3, -0.25) is 24.8 Å². The topological polar surface area (TPSA) is 80.7 Å². The molecule has 2 aliphatic carbocycles. The van der Waals surface area contributed by atoms with E-state index in [2.05, 4.69) is 6.07 Å². The Morgan fingerprint density at radius 1 is 1.03 bits per heavy atom. The number of carbonyl (C=O) groups is 1. The molecule has 7 nitrogen and oxygen atoms in total. The highest BCUT2D eigenvalue weighted by Gasteiger charge is 2.39. The Bertz CT molecular complexity index is 1220. The number of hydrogen-bond donors (Lipinski definition) is 0. The molecule has 0 bridgehead atoms. The summed E-state index contributed by atoms with van der Waals surface area (Å²) in [5.41, 5.74) is 3.69. The van der Waals surface area contributed by atoms with Gasteiger partial charge in [-0.15, -0.1) is 0 Å². The average molecular weight is 507 g/mol. The molecule has 3 aliphatic rings. The molecule has 1 aliphatic heterocycles. The van der Waals surface area contributed by atoms with Crippen molar-refractivity contribution in [3.05, 3.63) is 62.3 Å². The molecule has 2 aromatic rings. The molecule has 8 heteroatoms. The minimum atomic E-state index is -0.374. The summed E-state index contributed by atoms with van der Waals surface area (Å²) in [5.74, 6) is 0.0709. The van der Waals surface area contributed by atoms with Gasteiger partial charge in [0, 0.05) is 29.6 Å². The average Bonchev–Trinajstić information content (AvgIpc) is 3.34. The molecule has 0 radical (unpaired) electrons. The Morgan fingerprint density at radius 3 is 2.42 bits per heavy atom. The molecule has 190 valence electrons. The third kappa shape index (κ3) is 5.01. The lowest BCUT2D eigenvalue weighted by molar-refractivity contribution is -0.384. The van der Waals surface area contributed by atoms with Crippen LogP contribution in [0.4, 0.5) is 5.69 Å². The molecular weight excluding hydrogens is 472 g/mol. The zero-order valence-corrected chi connectivity index (χ0v) is 21.9. The smallest absolute Gasteiger partial charge is 0.271 e. The Morgan fingerprint density at radius 2 is 1.72 bits per heavy atom. The number of rotatable bonds is 5. The first-order valence-electron chi connectivity index (χ1n) is 13.2. The number of aryl methyl sites for hydroxylation is 1. The molecular formula is C28H34N4O3S. The van der Waals surface area contributed by atoms with Gasteiger partial charge in [0.1, 0.15) is 0 Å². The Balaban J connectivity index is 1.48. The van der Waals surface area contributed by atoms with Crippen molar-refractivity contribution < 1.29 is 9.72 Å². The van der Waals surface area contributed by atoms with Crippen molar-refractivity contribution in [2.24, 2.45) is 4.99 Å². The second-order valence-corrected chi connectivity index (χ2v) is 11.2. The number of thioether (sulfide) groups is 1. The lowest BCUT2D eigenvalue weighted by Crippen LogP contribution is -2.41. The van der Waals surface area contributed by atoms with Crippen LogP contribution >= 0.6 is 11.8 Å². The number of aromatic nitrogens is 1. The van der Waals surface area contributed by atoms with Gasteiger partial charge in [0.25, 0.3) is 11.6 Å². The normalized spacial score (nSPS) is 22.2. The van der Waals surface area contributed by atoms with Gasteiger partial charge in [0.2, 0.25) is 0 Å². The molecule has 3 fully saturated rings. The number of nitrogens with zero attached hydrogens (tertiary/aromatic N) is 4. The summed E-state index contributed by atoms with van der Waals surface area (Å²) in [6, 6.07) is 9.28. The molecule has 0 spiro atoms. The molecule has 36 heavy (non-hydrogen) atoms. The van der Waals surface area contributed by atoms with Gasteiger partial charge in [-0.05, 0) is 75.1 Å². The SMILES string of the molecule is Cc1cc(/C=C2\SC(=NC3CCCCC3)N(C3CCCCC3)C2=O)c(C)n1-c1cccc([N+](=O)[O-])c1. The maximum Gasteiger partial charge on any atom is 0.271 e. The standard InChI is InChI=1S/C28H34N4O3S/c1-19-16-21(20(2)30(19)24-14-9-15-25(18-24)32(34)35)17-26-27(33)31(23-12-7-4-8-13-23)28(36-26)29-22-10-5-3-6-11-22/h9,14-18,22-23H,3-8,10-13H2,1-2H3/b26-17-,29-28?. The van der Waals surface area contributed by atoms with E-state index in [0.29, 0.717) is 6.04 Å². The molecule has 1 aromatic heterocycles. The van der Waals surface area contributed by atoms with Crippen LogP contribution in [0, 0.1) is 24.0 Å². The van der Waals surface area contributed by atoms with Crippen LogP contribution < -0.4 is 0 Å². The fraction of sp³-hybridized carbons (Fsp3) is 0.500. The molecule has 1 amide bonds. The van der Waals surface area contributed by atoms with E-state index in [4.69, 9.17) is 4.99 Å². The van der Waals surface area contributed by atoms with E-state index in [9.17, 15) is 14.9 Å². The van der Waals surface area contributed by atoms with Gasteiger partial charge in [0.15, 0.2) is 5.17 Å². The quantitative estimate of drug-likeness (QED) is 0.250. The summed E-state index contributed by atoms with van der Waals surface area (Å²) in [7, 11) is 0. The molecule has 0 N–H and O–H groups in total. The van der Waals surface area contributed by atoms with Crippen LogP contribution in [0.2, 0.25) is 0 Å². The Hall–Kier alpha value is -2.87. The number of hydrogen-bond acceptors (Lipinski definition) is 5. The maximum atomic E-state index is 13.7.